The van der Waals surface area contributed by atoms with Crippen molar-refractivity contribution in [2.24, 2.45) is 0 Å². The minimum atomic E-state index is -1.92. The SMILES string of the molecule is CC1(C)OC[C@@H]([C@H]2C[C@H](O[Si](C)(C)C(C)(C)C)[C@@H](CO[Si](C)(C)C(C)(C)C)O2)O1. The van der Waals surface area contributed by atoms with Crippen molar-refractivity contribution < 1.29 is 23.1 Å². The highest BCUT2D eigenvalue weighted by atomic mass is 28.4. The molecule has 2 saturated heterocycles. The van der Waals surface area contributed by atoms with E-state index in [2.05, 4.69) is 67.7 Å². The summed E-state index contributed by atoms with van der Waals surface area (Å²) in [5.41, 5.74) is 0. The summed E-state index contributed by atoms with van der Waals surface area (Å²) >= 11 is 0. The van der Waals surface area contributed by atoms with E-state index < -0.39 is 22.4 Å². The molecule has 2 heterocycles. The van der Waals surface area contributed by atoms with Crippen LogP contribution in [0, 0.1) is 0 Å². The van der Waals surface area contributed by atoms with E-state index in [1.165, 1.54) is 0 Å². The minimum Gasteiger partial charge on any atom is -0.414 e. The quantitative estimate of drug-likeness (QED) is 0.489. The van der Waals surface area contributed by atoms with Crippen molar-refractivity contribution in [1.29, 1.82) is 0 Å². The largest absolute Gasteiger partial charge is 0.414 e. The summed E-state index contributed by atoms with van der Waals surface area (Å²) in [6.45, 7) is 27.9. The van der Waals surface area contributed by atoms with Crippen LogP contribution in [-0.2, 0) is 23.1 Å². The Labute approximate surface area is 181 Å². The Hall–Kier alpha value is 0.234. The lowest BCUT2D eigenvalue weighted by molar-refractivity contribution is -0.156. The second kappa shape index (κ2) is 8.30. The molecule has 0 aromatic rings. The lowest BCUT2D eigenvalue weighted by atomic mass is 10.1. The molecule has 0 bridgehead atoms. The van der Waals surface area contributed by atoms with Gasteiger partial charge in [0.15, 0.2) is 22.4 Å². The van der Waals surface area contributed by atoms with Gasteiger partial charge in [-0.1, -0.05) is 41.5 Å². The van der Waals surface area contributed by atoms with Gasteiger partial charge in [-0.3, -0.25) is 0 Å². The number of rotatable bonds is 6. The molecule has 0 spiro atoms. The molecule has 29 heavy (non-hydrogen) atoms. The first-order chi connectivity index (χ1) is 12.8. The van der Waals surface area contributed by atoms with Crippen LogP contribution in [0.25, 0.3) is 0 Å². The summed E-state index contributed by atoms with van der Waals surface area (Å²) in [5, 5.41) is 0.331. The standard InChI is InChI=1S/C22H46O5Si2/c1-20(2,3)28(9,10)24-15-18-17(27-29(11,12)21(4,5)6)13-16(25-18)19-14-23-22(7,8)26-19/h16-19H,13-15H2,1-12H3/t16-,17+,18-,19+/m1/s1. The molecule has 0 saturated carbocycles. The first-order valence-corrected chi connectivity index (χ1v) is 17.0. The van der Waals surface area contributed by atoms with E-state index in [1.54, 1.807) is 0 Å². The molecule has 0 aromatic heterocycles. The second-order valence-electron chi connectivity index (χ2n) is 12.3. The Morgan fingerprint density at radius 1 is 0.897 bits per heavy atom. The van der Waals surface area contributed by atoms with E-state index in [4.69, 9.17) is 23.1 Å². The summed E-state index contributed by atoms with van der Waals surface area (Å²) in [5.74, 6) is -0.542. The highest BCUT2D eigenvalue weighted by Gasteiger charge is 2.49. The summed E-state index contributed by atoms with van der Waals surface area (Å²) in [6, 6.07) is 0. The second-order valence-corrected chi connectivity index (χ2v) is 21.9. The summed E-state index contributed by atoms with van der Waals surface area (Å²) < 4.78 is 31.8. The first-order valence-electron chi connectivity index (χ1n) is 11.1. The fraction of sp³-hybridized carbons (Fsp3) is 1.00. The Bertz CT molecular complexity index is 563. The van der Waals surface area contributed by atoms with Crippen LogP contribution >= 0.6 is 0 Å². The minimum absolute atomic E-state index is 0.0143. The van der Waals surface area contributed by atoms with E-state index in [-0.39, 0.29) is 34.5 Å². The maximum Gasteiger partial charge on any atom is 0.192 e. The zero-order valence-corrected chi connectivity index (χ0v) is 23.0. The van der Waals surface area contributed by atoms with Gasteiger partial charge in [0, 0.05) is 6.42 Å². The lowest BCUT2D eigenvalue weighted by Crippen LogP contribution is -2.48. The van der Waals surface area contributed by atoms with Gasteiger partial charge < -0.3 is 23.1 Å². The molecule has 0 aromatic carbocycles. The Kier molecular flexibility index (Phi) is 7.30. The Balaban J connectivity index is 2.13. The van der Waals surface area contributed by atoms with Gasteiger partial charge in [-0.25, -0.2) is 0 Å². The molecule has 5 nitrogen and oxygen atoms in total. The van der Waals surface area contributed by atoms with Crippen LogP contribution in [0.15, 0.2) is 0 Å². The third kappa shape index (κ3) is 6.14. The topological polar surface area (TPSA) is 46.2 Å². The number of ether oxygens (including phenoxy) is 3. The monoisotopic (exact) mass is 446 g/mol. The maximum absolute atomic E-state index is 6.82. The van der Waals surface area contributed by atoms with Gasteiger partial charge in [0.1, 0.15) is 12.2 Å². The first kappa shape index (κ1) is 25.5. The van der Waals surface area contributed by atoms with Gasteiger partial charge in [0.2, 0.25) is 0 Å². The molecule has 172 valence electrons. The fourth-order valence-corrected chi connectivity index (χ4v) is 5.59. The lowest BCUT2D eigenvalue weighted by Gasteiger charge is -2.40. The average molecular weight is 447 g/mol. The van der Waals surface area contributed by atoms with E-state index >= 15 is 0 Å². The van der Waals surface area contributed by atoms with E-state index in [9.17, 15) is 0 Å². The van der Waals surface area contributed by atoms with Crippen LogP contribution in [0.4, 0.5) is 0 Å². The molecule has 0 N–H and O–H groups in total. The van der Waals surface area contributed by atoms with E-state index in [1.807, 2.05) is 13.8 Å². The fourth-order valence-electron chi connectivity index (χ4n) is 3.22. The third-order valence-corrected chi connectivity index (χ3v) is 16.3. The average Bonchev–Trinajstić information content (AvgIpc) is 3.05. The molecular weight excluding hydrogens is 400 g/mol. The van der Waals surface area contributed by atoms with Crippen molar-refractivity contribution in [2.75, 3.05) is 13.2 Å². The molecule has 2 aliphatic heterocycles. The van der Waals surface area contributed by atoms with Gasteiger partial charge >= 0.3 is 0 Å². The summed E-state index contributed by atoms with van der Waals surface area (Å²) in [4.78, 5) is 0. The predicted octanol–water partition coefficient (Wildman–Crippen LogP) is 5.71. The summed E-state index contributed by atoms with van der Waals surface area (Å²) in [6.07, 6.45) is 0.753. The van der Waals surface area contributed by atoms with Gasteiger partial charge in [-0.15, -0.1) is 0 Å². The van der Waals surface area contributed by atoms with Crippen molar-refractivity contribution >= 4 is 16.6 Å². The molecule has 2 aliphatic rings. The molecular formula is C22H46O5Si2. The van der Waals surface area contributed by atoms with E-state index in [0.717, 1.165) is 6.42 Å². The molecule has 0 amide bonds. The zero-order chi connectivity index (χ0) is 22.5. The molecule has 7 heteroatoms. The highest BCUT2D eigenvalue weighted by Crippen LogP contribution is 2.42. The normalized spacial score (nSPS) is 31.4. The van der Waals surface area contributed by atoms with Crippen LogP contribution in [0.3, 0.4) is 0 Å². The number of hydrogen-bond acceptors (Lipinski definition) is 5. The third-order valence-electron chi connectivity index (χ3n) is 7.34. The molecule has 2 rings (SSSR count). The van der Waals surface area contributed by atoms with Crippen molar-refractivity contribution in [3.8, 4) is 0 Å². The molecule has 4 atom stereocenters. The molecule has 2 fully saturated rings. The Morgan fingerprint density at radius 3 is 1.90 bits per heavy atom. The van der Waals surface area contributed by atoms with Crippen LogP contribution in [0.5, 0.6) is 0 Å². The van der Waals surface area contributed by atoms with Gasteiger partial charge in [0.25, 0.3) is 0 Å². The molecule has 0 radical (unpaired) electrons. The highest BCUT2D eigenvalue weighted by molar-refractivity contribution is 6.74. The van der Waals surface area contributed by atoms with Crippen LogP contribution in [-0.4, -0.2) is 60.1 Å². The van der Waals surface area contributed by atoms with Crippen molar-refractivity contribution in [3.05, 3.63) is 0 Å². The van der Waals surface area contributed by atoms with Gasteiger partial charge in [0.05, 0.1) is 25.4 Å². The maximum atomic E-state index is 6.82. The van der Waals surface area contributed by atoms with Crippen molar-refractivity contribution in [1.82, 2.24) is 0 Å². The smallest absolute Gasteiger partial charge is 0.192 e. The van der Waals surface area contributed by atoms with Gasteiger partial charge in [-0.2, -0.15) is 0 Å². The predicted molar refractivity (Wildman–Crippen MR) is 123 cm³/mol. The van der Waals surface area contributed by atoms with E-state index in [0.29, 0.717) is 13.2 Å². The molecule has 0 unspecified atom stereocenters. The number of hydrogen-bond donors (Lipinski definition) is 0. The Morgan fingerprint density at radius 2 is 1.45 bits per heavy atom. The van der Waals surface area contributed by atoms with Crippen molar-refractivity contribution in [3.63, 3.8) is 0 Å². The van der Waals surface area contributed by atoms with Crippen LogP contribution in [0.1, 0.15) is 61.8 Å². The van der Waals surface area contributed by atoms with Gasteiger partial charge in [-0.05, 0) is 50.1 Å². The van der Waals surface area contributed by atoms with Crippen LogP contribution < -0.4 is 0 Å². The van der Waals surface area contributed by atoms with Crippen molar-refractivity contribution in [2.45, 2.75) is 128 Å². The summed E-state index contributed by atoms with van der Waals surface area (Å²) in [7, 11) is -3.77. The zero-order valence-electron chi connectivity index (χ0n) is 21.0. The van der Waals surface area contributed by atoms with Crippen LogP contribution in [0.2, 0.25) is 36.3 Å². The molecule has 0 aliphatic carbocycles.